The zero-order valence-corrected chi connectivity index (χ0v) is 15.5. The quantitative estimate of drug-likeness (QED) is 0.660. The molecule has 0 aliphatic heterocycles. The Hall–Kier alpha value is -1.44. The van der Waals surface area contributed by atoms with Crippen molar-refractivity contribution in [2.24, 2.45) is 17.3 Å². The molecule has 2 fully saturated rings. The highest BCUT2D eigenvalue weighted by Gasteiger charge is 2.54. The molecule has 3 aliphatic rings. The highest BCUT2D eigenvalue weighted by atomic mass is 16.1. The smallest absolute Gasteiger partial charge is 0.150 e. The topological polar surface area (TPSA) is 34.1 Å². The van der Waals surface area contributed by atoms with E-state index in [2.05, 4.69) is 19.1 Å². The van der Waals surface area contributed by atoms with E-state index in [1.54, 1.807) is 0 Å². The summed E-state index contributed by atoms with van der Waals surface area (Å²) in [4.78, 5) is 23.7. The van der Waals surface area contributed by atoms with Gasteiger partial charge in [0.25, 0.3) is 0 Å². The Balaban J connectivity index is 0.000000815. The summed E-state index contributed by atoms with van der Waals surface area (Å²) in [5.41, 5.74) is 4.73. The van der Waals surface area contributed by atoms with Gasteiger partial charge in [-0.2, -0.15) is 0 Å². The van der Waals surface area contributed by atoms with Gasteiger partial charge in [-0.05, 0) is 79.5 Å². The second-order valence-corrected chi connectivity index (χ2v) is 7.86. The van der Waals surface area contributed by atoms with Crippen LogP contribution in [0.5, 0.6) is 0 Å². The minimum Gasteiger partial charge on any atom is -0.299 e. The van der Waals surface area contributed by atoms with Crippen molar-refractivity contribution in [1.82, 2.24) is 0 Å². The molecule has 0 radical (unpaired) electrons. The van der Waals surface area contributed by atoms with Gasteiger partial charge in [-0.3, -0.25) is 9.59 Å². The minimum absolute atomic E-state index is 0.0587. The van der Waals surface area contributed by atoms with Crippen molar-refractivity contribution in [3.63, 3.8) is 0 Å². The number of carbonyl (C=O) groups is 2. The molecular formula is C22H30O2. The maximum Gasteiger partial charge on any atom is 0.150 e. The first-order chi connectivity index (χ1) is 11.5. The number of hydrogen-bond donors (Lipinski definition) is 0. The van der Waals surface area contributed by atoms with Gasteiger partial charge in [0.05, 0.1) is 0 Å². The molecule has 130 valence electrons. The fourth-order valence-corrected chi connectivity index (χ4v) is 5.66. The van der Waals surface area contributed by atoms with Crippen molar-refractivity contribution < 1.29 is 9.59 Å². The normalized spacial score (nSPS) is 33.7. The number of carbonyl (C=O) groups excluding carboxylic acids is 2. The van der Waals surface area contributed by atoms with E-state index in [1.165, 1.54) is 17.5 Å². The van der Waals surface area contributed by atoms with Crippen LogP contribution >= 0.6 is 0 Å². The van der Waals surface area contributed by atoms with Crippen LogP contribution in [0.4, 0.5) is 0 Å². The summed E-state index contributed by atoms with van der Waals surface area (Å²) < 4.78 is 0. The van der Waals surface area contributed by atoms with Gasteiger partial charge in [0, 0.05) is 17.4 Å². The predicted octanol–water partition coefficient (Wildman–Crippen LogP) is 5.26. The van der Waals surface area contributed by atoms with E-state index < -0.39 is 0 Å². The molecule has 3 aliphatic carbocycles. The third-order valence-corrected chi connectivity index (χ3v) is 6.95. The molecule has 1 aromatic rings. The zero-order chi connectivity index (χ0) is 17.5. The standard InChI is InChI=1S/C20H24O2.C2H6/c1-12-9-13-3-4-16-15(17(13)10-14(12)11-21)7-8-20(2)18(16)5-6-19(20)22;1-2/h9-11,15-16,18H,3-8H2,1-2H3;1-2H3. The van der Waals surface area contributed by atoms with E-state index in [0.29, 0.717) is 23.5 Å². The Bertz CT molecular complexity index is 660. The van der Waals surface area contributed by atoms with Gasteiger partial charge in [-0.25, -0.2) is 0 Å². The van der Waals surface area contributed by atoms with E-state index in [1.807, 2.05) is 20.8 Å². The van der Waals surface area contributed by atoms with Crippen LogP contribution in [-0.2, 0) is 11.2 Å². The lowest BCUT2D eigenvalue weighted by Crippen LogP contribution is -2.42. The van der Waals surface area contributed by atoms with Crippen molar-refractivity contribution >= 4 is 12.1 Å². The van der Waals surface area contributed by atoms with Crippen molar-refractivity contribution in [3.8, 4) is 0 Å². The zero-order valence-electron chi connectivity index (χ0n) is 15.5. The van der Waals surface area contributed by atoms with Gasteiger partial charge in [0.2, 0.25) is 0 Å². The summed E-state index contributed by atoms with van der Waals surface area (Å²) in [5.74, 6) is 2.26. The summed E-state index contributed by atoms with van der Waals surface area (Å²) in [6, 6.07) is 4.37. The van der Waals surface area contributed by atoms with E-state index >= 15 is 0 Å². The lowest BCUT2D eigenvalue weighted by Gasteiger charge is -2.48. The lowest BCUT2D eigenvalue weighted by atomic mass is 9.55. The van der Waals surface area contributed by atoms with Crippen LogP contribution in [0, 0.1) is 24.2 Å². The monoisotopic (exact) mass is 326 g/mol. The van der Waals surface area contributed by atoms with Crippen molar-refractivity contribution in [2.45, 2.75) is 72.1 Å². The van der Waals surface area contributed by atoms with Gasteiger partial charge in [0.1, 0.15) is 12.1 Å². The molecule has 2 saturated carbocycles. The van der Waals surface area contributed by atoms with Gasteiger partial charge in [-0.15, -0.1) is 0 Å². The summed E-state index contributed by atoms with van der Waals surface area (Å²) in [6.45, 7) is 8.24. The maximum absolute atomic E-state index is 12.3. The van der Waals surface area contributed by atoms with E-state index in [4.69, 9.17) is 0 Å². The molecule has 0 aromatic heterocycles. The highest BCUT2D eigenvalue weighted by Crippen LogP contribution is 2.59. The molecule has 2 heteroatoms. The van der Waals surface area contributed by atoms with E-state index in [9.17, 15) is 9.59 Å². The summed E-state index contributed by atoms with van der Waals surface area (Å²) >= 11 is 0. The van der Waals surface area contributed by atoms with Crippen LogP contribution < -0.4 is 0 Å². The fraction of sp³-hybridized carbons (Fsp3) is 0.636. The van der Waals surface area contributed by atoms with E-state index in [-0.39, 0.29) is 5.41 Å². The number of aldehydes is 1. The van der Waals surface area contributed by atoms with Crippen LogP contribution in [0.15, 0.2) is 12.1 Å². The number of rotatable bonds is 1. The number of benzene rings is 1. The van der Waals surface area contributed by atoms with Gasteiger partial charge in [0.15, 0.2) is 0 Å². The Morgan fingerprint density at radius 2 is 1.88 bits per heavy atom. The highest BCUT2D eigenvalue weighted by molar-refractivity contribution is 5.87. The Kier molecular flexibility index (Phi) is 4.68. The average molecular weight is 326 g/mol. The number of hydrogen-bond acceptors (Lipinski definition) is 2. The molecule has 0 spiro atoms. The van der Waals surface area contributed by atoms with Crippen molar-refractivity contribution in [3.05, 3.63) is 34.4 Å². The number of fused-ring (bicyclic) bond motifs is 5. The van der Waals surface area contributed by atoms with Gasteiger partial charge >= 0.3 is 0 Å². The van der Waals surface area contributed by atoms with Crippen LogP contribution in [0.3, 0.4) is 0 Å². The second-order valence-electron chi connectivity index (χ2n) is 7.86. The molecule has 0 heterocycles. The molecule has 24 heavy (non-hydrogen) atoms. The first-order valence-electron chi connectivity index (χ1n) is 9.66. The SMILES string of the molecule is CC.Cc1cc2c(cc1C=O)C1CCC3(C)C(=O)CCC3C1CC2. The molecule has 1 aromatic carbocycles. The molecule has 0 saturated heterocycles. The first-order valence-corrected chi connectivity index (χ1v) is 9.66. The molecule has 4 unspecified atom stereocenters. The molecule has 4 atom stereocenters. The predicted molar refractivity (Wildman–Crippen MR) is 97.5 cm³/mol. The maximum atomic E-state index is 12.3. The summed E-state index contributed by atoms with van der Waals surface area (Å²) in [7, 11) is 0. The summed E-state index contributed by atoms with van der Waals surface area (Å²) in [5, 5.41) is 0. The fourth-order valence-electron chi connectivity index (χ4n) is 5.66. The lowest BCUT2D eigenvalue weighted by molar-refractivity contribution is -0.129. The van der Waals surface area contributed by atoms with E-state index in [0.717, 1.165) is 49.5 Å². The molecule has 0 N–H and O–H groups in total. The number of aryl methyl sites for hydroxylation is 2. The largest absolute Gasteiger partial charge is 0.299 e. The van der Waals surface area contributed by atoms with Gasteiger partial charge < -0.3 is 0 Å². The first kappa shape index (κ1) is 17.4. The summed E-state index contributed by atoms with van der Waals surface area (Å²) in [6.07, 6.45) is 7.32. The van der Waals surface area contributed by atoms with Crippen LogP contribution in [0.2, 0.25) is 0 Å². The van der Waals surface area contributed by atoms with Gasteiger partial charge in [-0.1, -0.05) is 26.8 Å². The Morgan fingerprint density at radius 1 is 1.12 bits per heavy atom. The second kappa shape index (κ2) is 6.46. The van der Waals surface area contributed by atoms with Crippen LogP contribution in [-0.4, -0.2) is 12.1 Å². The number of Topliss-reactive ketones (excluding diaryl/α,β-unsaturated/α-hetero) is 1. The molecule has 4 rings (SSSR count). The Labute approximate surface area is 146 Å². The van der Waals surface area contributed by atoms with Crippen LogP contribution in [0.25, 0.3) is 0 Å². The molecule has 0 amide bonds. The number of ketones is 1. The van der Waals surface area contributed by atoms with Crippen molar-refractivity contribution in [2.75, 3.05) is 0 Å². The molecular weight excluding hydrogens is 296 g/mol. The van der Waals surface area contributed by atoms with Crippen LogP contribution in [0.1, 0.15) is 85.8 Å². The molecule has 0 bridgehead atoms. The third-order valence-electron chi connectivity index (χ3n) is 6.95. The minimum atomic E-state index is -0.0587. The Morgan fingerprint density at radius 3 is 2.58 bits per heavy atom. The molecule has 2 nitrogen and oxygen atoms in total. The third kappa shape index (κ3) is 2.46. The van der Waals surface area contributed by atoms with Crippen molar-refractivity contribution in [1.29, 1.82) is 0 Å². The average Bonchev–Trinajstić information content (AvgIpc) is 2.91.